The molecule has 7 nitrogen and oxygen atoms in total. The van der Waals surface area contributed by atoms with Crippen molar-refractivity contribution >= 4 is 15.7 Å². The first-order valence-electron chi connectivity index (χ1n) is 10.3. The van der Waals surface area contributed by atoms with Gasteiger partial charge in [-0.3, -0.25) is 0 Å². The van der Waals surface area contributed by atoms with Crippen LogP contribution in [-0.4, -0.2) is 47.9 Å². The van der Waals surface area contributed by atoms with Crippen LogP contribution >= 0.6 is 0 Å². The van der Waals surface area contributed by atoms with Crippen LogP contribution < -0.4 is 23.8 Å². The number of sulfonamides is 1. The van der Waals surface area contributed by atoms with Gasteiger partial charge < -0.3 is 19.1 Å². The Balaban J connectivity index is 1.64. The topological polar surface area (TPSA) is 77.1 Å². The van der Waals surface area contributed by atoms with Gasteiger partial charge in [0.05, 0.1) is 25.2 Å². The van der Waals surface area contributed by atoms with Crippen LogP contribution in [0.2, 0.25) is 0 Å². The van der Waals surface area contributed by atoms with E-state index in [4.69, 9.17) is 14.2 Å². The summed E-state index contributed by atoms with van der Waals surface area (Å²) in [6, 6.07) is 12.6. The molecule has 2 aromatic carbocycles. The molecule has 0 unspecified atom stereocenters. The molecule has 0 saturated carbocycles. The van der Waals surface area contributed by atoms with Gasteiger partial charge in [-0.25, -0.2) is 13.1 Å². The highest BCUT2D eigenvalue weighted by molar-refractivity contribution is 7.89. The van der Waals surface area contributed by atoms with Crippen molar-refractivity contribution in [2.45, 2.75) is 37.6 Å². The van der Waals surface area contributed by atoms with Gasteiger partial charge in [-0.2, -0.15) is 0 Å². The predicted octanol–water partition coefficient (Wildman–Crippen LogP) is 3.44. The number of ether oxygens (including phenoxy) is 3. The zero-order chi connectivity index (χ0) is 21.6. The minimum atomic E-state index is -3.64. The predicted molar refractivity (Wildman–Crippen MR) is 117 cm³/mol. The number of nitrogens with one attached hydrogen (secondary N) is 1. The molecular formula is C22H30N2O5S. The third-order valence-electron chi connectivity index (χ3n) is 5.08. The van der Waals surface area contributed by atoms with E-state index in [1.807, 2.05) is 38.1 Å². The standard InChI is InChI=1S/C22H30N2O5S/c1-4-28-21-11-10-20(16-22(21)29-5-2)30(25,26)23-17-12-14-24(15-13-17)18-6-8-19(27-3)9-7-18/h6-11,16-17,23H,4-5,12-15H2,1-3H3. The van der Waals surface area contributed by atoms with Crippen LogP contribution in [0.15, 0.2) is 47.4 Å². The SMILES string of the molecule is CCOc1ccc(S(=O)(=O)NC2CCN(c3ccc(OC)cc3)CC2)cc1OCC. The summed E-state index contributed by atoms with van der Waals surface area (Å²) in [5.74, 6) is 1.81. The molecule has 1 N–H and O–H groups in total. The highest BCUT2D eigenvalue weighted by Crippen LogP contribution is 2.31. The molecule has 0 amide bonds. The lowest BCUT2D eigenvalue weighted by atomic mass is 10.1. The number of piperidine rings is 1. The summed E-state index contributed by atoms with van der Waals surface area (Å²) in [5, 5.41) is 0. The molecule has 0 bridgehead atoms. The Bertz CT molecular complexity index is 923. The number of nitrogens with zero attached hydrogens (tertiary/aromatic N) is 1. The van der Waals surface area contributed by atoms with Crippen molar-refractivity contribution in [3.8, 4) is 17.2 Å². The summed E-state index contributed by atoms with van der Waals surface area (Å²) >= 11 is 0. The normalized spacial score (nSPS) is 15.1. The molecular weight excluding hydrogens is 404 g/mol. The van der Waals surface area contributed by atoms with Gasteiger partial charge in [-0.15, -0.1) is 0 Å². The van der Waals surface area contributed by atoms with Crippen LogP contribution in [0, 0.1) is 0 Å². The highest BCUT2D eigenvalue weighted by Gasteiger charge is 2.25. The number of rotatable bonds is 9. The van der Waals surface area contributed by atoms with Crippen LogP contribution in [0.4, 0.5) is 5.69 Å². The lowest BCUT2D eigenvalue weighted by molar-refractivity contribution is 0.287. The van der Waals surface area contributed by atoms with Gasteiger partial charge in [0.1, 0.15) is 5.75 Å². The lowest BCUT2D eigenvalue weighted by Gasteiger charge is -2.33. The molecule has 1 saturated heterocycles. The van der Waals surface area contributed by atoms with Gasteiger partial charge in [0.15, 0.2) is 11.5 Å². The maximum absolute atomic E-state index is 12.9. The van der Waals surface area contributed by atoms with E-state index < -0.39 is 10.0 Å². The van der Waals surface area contributed by atoms with Crippen LogP contribution in [0.1, 0.15) is 26.7 Å². The molecule has 0 spiro atoms. The molecule has 0 radical (unpaired) electrons. The molecule has 0 atom stereocenters. The second-order valence-electron chi connectivity index (χ2n) is 7.06. The van der Waals surface area contributed by atoms with Crippen molar-refractivity contribution in [3.05, 3.63) is 42.5 Å². The molecule has 2 aromatic rings. The van der Waals surface area contributed by atoms with Gasteiger partial charge in [-0.1, -0.05) is 0 Å². The summed E-state index contributed by atoms with van der Waals surface area (Å²) in [6.45, 7) is 6.21. The van der Waals surface area contributed by atoms with Gasteiger partial charge in [0, 0.05) is 30.9 Å². The van der Waals surface area contributed by atoms with Crippen molar-refractivity contribution in [1.29, 1.82) is 0 Å². The molecule has 1 aliphatic rings. The van der Waals surface area contributed by atoms with E-state index in [1.54, 1.807) is 19.2 Å². The number of anilines is 1. The molecule has 3 rings (SSSR count). The smallest absolute Gasteiger partial charge is 0.240 e. The maximum atomic E-state index is 12.9. The van der Waals surface area contributed by atoms with Crippen molar-refractivity contribution in [2.24, 2.45) is 0 Å². The summed E-state index contributed by atoms with van der Waals surface area (Å²) in [5.41, 5.74) is 1.12. The monoisotopic (exact) mass is 434 g/mol. The Morgan fingerprint density at radius 1 is 0.967 bits per heavy atom. The molecule has 0 aliphatic carbocycles. The zero-order valence-electron chi connectivity index (χ0n) is 17.8. The van der Waals surface area contributed by atoms with Gasteiger partial charge in [0.25, 0.3) is 0 Å². The third kappa shape index (κ3) is 5.37. The van der Waals surface area contributed by atoms with E-state index in [0.29, 0.717) is 24.7 Å². The molecule has 8 heteroatoms. The van der Waals surface area contributed by atoms with Crippen molar-refractivity contribution < 1.29 is 22.6 Å². The number of methoxy groups -OCH3 is 1. The quantitative estimate of drug-likeness (QED) is 0.652. The average Bonchev–Trinajstić information content (AvgIpc) is 2.75. The number of hydrogen-bond acceptors (Lipinski definition) is 6. The fourth-order valence-corrected chi connectivity index (χ4v) is 4.85. The van der Waals surface area contributed by atoms with Crippen LogP contribution in [0.25, 0.3) is 0 Å². The Hall–Kier alpha value is -2.45. The number of benzene rings is 2. The van der Waals surface area contributed by atoms with E-state index >= 15 is 0 Å². The largest absolute Gasteiger partial charge is 0.497 e. The lowest BCUT2D eigenvalue weighted by Crippen LogP contribution is -2.44. The van der Waals surface area contributed by atoms with E-state index in [-0.39, 0.29) is 10.9 Å². The van der Waals surface area contributed by atoms with Gasteiger partial charge in [0.2, 0.25) is 10.0 Å². The van der Waals surface area contributed by atoms with Crippen molar-refractivity contribution in [1.82, 2.24) is 4.72 Å². The summed E-state index contributed by atoms with van der Waals surface area (Å²) in [6.07, 6.45) is 1.47. The molecule has 1 aliphatic heterocycles. The van der Waals surface area contributed by atoms with Crippen LogP contribution in [0.5, 0.6) is 17.2 Å². The highest BCUT2D eigenvalue weighted by atomic mass is 32.2. The Morgan fingerprint density at radius 2 is 1.60 bits per heavy atom. The van der Waals surface area contributed by atoms with E-state index in [1.165, 1.54) is 6.07 Å². The first kappa shape index (κ1) is 22.2. The van der Waals surface area contributed by atoms with Gasteiger partial charge in [-0.05, 0) is 63.1 Å². The fraction of sp³-hybridized carbons (Fsp3) is 0.455. The Morgan fingerprint density at radius 3 is 2.20 bits per heavy atom. The van der Waals surface area contributed by atoms with E-state index in [0.717, 1.165) is 37.4 Å². The van der Waals surface area contributed by atoms with Crippen LogP contribution in [0.3, 0.4) is 0 Å². The summed E-state index contributed by atoms with van der Waals surface area (Å²) in [4.78, 5) is 2.45. The molecule has 164 valence electrons. The molecule has 1 fully saturated rings. The van der Waals surface area contributed by atoms with Gasteiger partial charge >= 0.3 is 0 Å². The zero-order valence-corrected chi connectivity index (χ0v) is 18.6. The number of hydrogen-bond donors (Lipinski definition) is 1. The minimum Gasteiger partial charge on any atom is -0.497 e. The van der Waals surface area contributed by atoms with E-state index in [2.05, 4.69) is 9.62 Å². The first-order valence-corrected chi connectivity index (χ1v) is 11.8. The fourth-order valence-electron chi connectivity index (χ4n) is 3.53. The second kappa shape index (κ2) is 10.0. The van der Waals surface area contributed by atoms with Crippen molar-refractivity contribution in [3.63, 3.8) is 0 Å². The first-order chi connectivity index (χ1) is 14.5. The summed E-state index contributed by atoms with van der Waals surface area (Å²) < 4.78 is 45.0. The average molecular weight is 435 g/mol. The Kier molecular flexibility index (Phi) is 7.44. The van der Waals surface area contributed by atoms with Crippen molar-refractivity contribution in [2.75, 3.05) is 38.3 Å². The molecule has 30 heavy (non-hydrogen) atoms. The Labute approximate surface area is 179 Å². The molecule has 0 aromatic heterocycles. The third-order valence-corrected chi connectivity index (χ3v) is 6.60. The van der Waals surface area contributed by atoms with Crippen LogP contribution in [-0.2, 0) is 10.0 Å². The minimum absolute atomic E-state index is 0.105. The van der Waals surface area contributed by atoms with E-state index in [9.17, 15) is 8.42 Å². The second-order valence-corrected chi connectivity index (χ2v) is 8.77. The summed E-state index contributed by atoms with van der Waals surface area (Å²) in [7, 11) is -2.00. The molecule has 1 heterocycles. The maximum Gasteiger partial charge on any atom is 0.240 e.